The minimum atomic E-state index is -0.485. The lowest BCUT2D eigenvalue weighted by Crippen LogP contribution is -2.39. The second-order valence-corrected chi connectivity index (χ2v) is 6.09. The molecule has 4 rings (SSSR count). The second kappa shape index (κ2) is 6.60. The van der Waals surface area contributed by atoms with Crippen LogP contribution in [0, 0.1) is 0 Å². The van der Waals surface area contributed by atoms with Crippen molar-refractivity contribution in [2.45, 2.75) is 18.1 Å². The molecule has 1 atom stereocenters. The van der Waals surface area contributed by atoms with E-state index in [1.165, 1.54) is 16.7 Å². The van der Waals surface area contributed by atoms with E-state index in [0.29, 0.717) is 0 Å². The molecule has 2 nitrogen and oxygen atoms in total. The predicted octanol–water partition coefficient (Wildman–Crippen LogP) is 5.07. The van der Waals surface area contributed by atoms with Crippen LogP contribution in [0.3, 0.4) is 0 Å². The molecule has 3 aromatic carbocycles. The average Bonchev–Trinajstić information content (AvgIpc) is 2.70. The first kappa shape index (κ1) is 15.1. The molecule has 0 saturated carbocycles. The molecule has 0 spiro atoms. The van der Waals surface area contributed by atoms with Gasteiger partial charge in [-0.25, -0.2) is 0 Å². The number of hydrogen-bond acceptors (Lipinski definition) is 2. The number of ether oxygens (including phenoxy) is 2. The first-order valence-electron chi connectivity index (χ1n) is 8.30. The van der Waals surface area contributed by atoms with E-state index in [1.54, 1.807) is 0 Å². The van der Waals surface area contributed by atoms with Crippen LogP contribution < -0.4 is 0 Å². The fraction of sp³-hybridized carbons (Fsp3) is 0.182. The number of hydrogen-bond donors (Lipinski definition) is 0. The zero-order valence-corrected chi connectivity index (χ0v) is 13.5. The standard InChI is InChI=1S/C22H20O2/c1-4-10-18(11-5-1)21-16-22(24-17-23-21,19-12-6-2-7-13-19)20-14-8-3-9-15-20/h1-15,21H,16-17H2. The molecular formula is C22H20O2. The highest BCUT2D eigenvalue weighted by Gasteiger charge is 2.41. The average molecular weight is 316 g/mol. The molecule has 0 aromatic heterocycles. The van der Waals surface area contributed by atoms with Gasteiger partial charge in [0.2, 0.25) is 0 Å². The van der Waals surface area contributed by atoms with E-state index < -0.39 is 5.60 Å². The molecular weight excluding hydrogens is 296 g/mol. The van der Waals surface area contributed by atoms with Gasteiger partial charge < -0.3 is 9.47 Å². The smallest absolute Gasteiger partial charge is 0.149 e. The molecule has 1 saturated heterocycles. The summed E-state index contributed by atoms with van der Waals surface area (Å²) >= 11 is 0. The van der Waals surface area contributed by atoms with Crippen LogP contribution in [0.1, 0.15) is 29.2 Å². The quantitative estimate of drug-likeness (QED) is 0.672. The number of rotatable bonds is 3. The van der Waals surface area contributed by atoms with E-state index in [4.69, 9.17) is 9.47 Å². The molecule has 0 N–H and O–H groups in total. The van der Waals surface area contributed by atoms with Crippen LogP contribution in [-0.2, 0) is 15.1 Å². The van der Waals surface area contributed by atoms with Crippen molar-refractivity contribution in [1.29, 1.82) is 0 Å². The Morgan fingerprint density at radius 3 is 1.71 bits per heavy atom. The van der Waals surface area contributed by atoms with Gasteiger partial charge in [0.1, 0.15) is 12.4 Å². The van der Waals surface area contributed by atoms with Gasteiger partial charge in [0.15, 0.2) is 0 Å². The highest BCUT2D eigenvalue weighted by Crippen LogP contribution is 2.45. The summed E-state index contributed by atoms with van der Waals surface area (Å²) in [5, 5.41) is 0. The molecule has 1 fully saturated rings. The van der Waals surface area contributed by atoms with Crippen molar-refractivity contribution in [3.8, 4) is 0 Å². The van der Waals surface area contributed by atoms with E-state index >= 15 is 0 Å². The molecule has 1 unspecified atom stereocenters. The van der Waals surface area contributed by atoms with Crippen molar-refractivity contribution < 1.29 is 9.47 Å². The van der Waals surface area contributed by atoms with Crippen LogP contribution in [0.15, 0.2) is 91.0 Å². The Labute approximate surface area is 142 Å². The molecule has 1 heterocycles. The Morgan fingerprint density at radius 1 is 0.667 bits per heavy atom. The maximum Gasteiger partial charge on any atom is 0.149 e. The monoisotopic (exact) mass is 316 g/mol. The minimum Gasteiger partial charge on any atom is -0.347 e. The largest absolute Gasteiger partial charge is 0.347 e. The molecule has 2 heteroatoms. The molecule has 0 aliphatic carbocycles. The number of benzene rings is 3. The minimum absolute atomic E-state index is 0.0142. The zero-order chi connectivity index (χ0) is 16.2. The SMILES string of the molecule is c1ccc(C2CC(c3ccccc3)(c3ccccc3)OCO2)cc1. The van der Waals surface area contributed by atoms with E-state index in [9.17, 15) is 0 Å². The van der Waals surface area contributed by atoms with Gasteiger partial charge in [-0.3, -0.25) is 0 Å². The maximum atomic E-state index is 6.27. The van der Waals surface area contributed by atoms with Crippen molar-refractivity contribution in [3.05, 3.63) is 108 Å². The fourth-order valence-electron chi connectivity index (χ4n) is 3.46. The second-order valence-electron chi connectivity index (χ2n) is 6.09. The normalized spacial score (nSPS) is 19.8. The predicted molar refractivity (Wildman–Crippen MR) is 94.5 cm³/mol. The van der Waals surface area contributed by atoms with Gasteiger partial charge in [-0.05, 0) is 16.7 Å². The summed E-state index contributed by atoms with van der Waals surface area (Å²) in [6.45, 7) is 0.281. The maximum absolute atomic E-state index is 6.27. The molecule has 0 amide bonds. The van der Waals surface area contributed by atoms with Gasteiger partial charge in [-0.2, -0.15) is 0 Å². The summed E-state index contributed by atoms with van der Waals surface area (Å²) in [7, 11) is 0. The van der Waals surface area contributed by atoms with Gasteiger partial charge in [-0.1, -0.05) is 91.0 Å². The molecule has 24 heavy (non-hydrogen) atoms. The Bertz CT molecular complexity index is 729. The van der Waals surface area contributed by atoms with Crippen molar-refractivity contribution >= 4 is 0 Å². The summed E-state index contributed by atoms with van der Waals surface area (Å²) in [5.74, 6) is 0. The van der Waals surface area contributed by atoms with Crippen LogP contribution in [0.25, 0.3) is 0 Å². The van der Waals surface area contributed by atoms with Crippen LogP contribution >= 0.6 is 0 Å². The van der Waals surface area contributed by atoms with Crippen molar-refractivity contribution in [2.24, 2.45) is 0 Å². The summed E-state index contributed by atoms with van der Waals surface area (Å²) in [4.78, 5) is 0. The van der Waals surface area contributed by atoms with Gasteiger partial charge in [0.25, 0.3) is 0 Å². The first-order chi connectivity index (χ1) is 11.9. The Hall–Kier alpha value is -2.42. The molecule has 1 aliphatic heterocycles. The highest BCUT2D eigenvalue weighted by atomic mass is 16.7. The van der Waals surface area contributed by atoms with Gasteiger partial charge >= 0.3 is 0 Å². The van der Waals surface area contributed by atoms with Crippen molar-refractivity contribution in [1.82, 2.24) is 0 Å². The third-order valence-electron chi connectivity index (χ3n) is 4.70. The van der Waals surface area contributed by atoms with E-state index in [0.717, 1.165) is 6.42 Å². The topological polar surface area (TPSA) is 18.5 Å². The lowest BCUT2D eigenvalue weighted by Gasteiger charge is -2.42. The Balaban J connectivity index is 1.79. The van der Waals surface area contributed by atoms with E-state index in [-0.39, 0.29) is 12.9 Å². The highest BCUT2D eigenvalue weighted by molar-refractivity contribution is 5.37. The molecule has 1 aliphatic rings. The summed E-state index contributed by atoms with van der Waals surface area (Å²) < 4.78 is 12.2. The lowest BCUT2D eigenvalue weighted by atomic mass is 9.80. The molecule has 0 radical (unpaired) electrons. The van der Waals surface area contributed by atoms with Crippen LogP contribution in [0.5, 0.6) is 0 Å². The Kier molecular flexibility index (Phi) is 4.16. The summed E-state index contributed by atoms with van der Waals surface area (Å²) in [5.41, 5.74) is 3.04. The first-order valence-corrected chi connectivity index (χ1v) is 8.30. The van der Waals surface area contributed by atoms with Gasteiger partial charge in [0, 0.05) is 6.42 Å². The Morgan fingerprint density at radius 2 is 1.17 bits per heavy atom. The zero-order valence-electron chi connectivity index (χ0n) is 13.5. The van der Waals surface area contributed by atoms with Crippen LogP contribution in [0.2, 0.25) is 0 Å². The summed E-state index contributed by atoms with van der Waals surface area (Å²) in [6.07, 6.45) is 0.769. The van der Waals surface area contributed by atoms with Crippen molar-refractivity contribution in [2.75, 3.05) is 6.79 Å². The van der Waals surface area contributed by atoms with Crippen molar-refractivity contribution in [3.63, 3.8) is 0 Å². The van der Waals surface area contributed by atoms with Crippen LogP contribution in [-0.4, -0.2) is 6.79 Å². The fourth-order valence-corrected chi connectivity index (χ4v) is 3.46. The molecule has 0 bridgehead atoms. The van der Waals surface area contributed by atoms with Gasteiger partial charge in [0.05, 0.1) is 6.10 Å². The summed E-state index contributed by atoms with van der Waals surface area (Å²) in [6, 6.07) is 31.3. The van der Waals surface area contributed by atoms with Crippen LogP contribution in [0.4, 0.5) is 0 Å². The molecule has 3 aromatic rings. The molecule has 120 valence electrons. The third kappa shape index (κ3) is 2.75. The van der Waals surface area contributed by atoms with Gasteiger partial charge in [-0.15, -0.1) is 0 Å². The lowest BCUT2D eigenvalue weighted by molar-refractivity contribution is -0.215. The van der Waals surface area contributed by atoms with E-state index in [2.05, 4.69) is 72.8 Å². The van der Waals surface area contributed by atoms with E-state index in [1.807, 2.05) is 18.2 Å². The third-order valence-corrected chi connectivity index (χ3v) is 4.70.